The molecule has 0 amide bonds. The lowest BCUT2D eigenvalue weighted by molar-refractivity contribution is -0.139. The number of rotatable bonds is 3. The third-order valence-electron chi connectivity index (χ3n) is 1.15. The number of esters is 1. The van der Waals surface area contributed by atoms with Crippen LogP contribution in [0, 0.1) is 0 Å². The molecule has 70 valence electrons. The topological polar surface area (TPSA) is 38.8 Å². The Morgan fingerprint density at radius 2 is 2.17 bits per heavy atom. The second-order valence-electron chi connectivity index (χ2n) is 2.33. The Morgan fingerprint density at radius 1 is 1.67 bits per heavy atom. The fourth-order valence-corrected chi connectivity index (χ4v) is 0.456. The zero-order valence-electron chi connectivity index (χ0n) is 7.92. The summed E-state index contributed by atoms with van der Waals surface area (Å²) in [7, 11) is 0. The largest absolute Gasteiger partial charge is 0.459 e. The van der Waals surface area contributed by atoms with Crippen molar-refractivity contribution in [2.45, 2.75) is 26.9 Å². The summed E-state index contributed by atoms with van der Waals surface area (Å²) >= 11 is 0. The van der Waals surface area contributed by atoms with Crippen LogP contribution >= 0.6 is 0 Å². The van der Waals surface area contributed by atoms with Crippen molar-refractivity contribution < 1.29 is 14.3 Å². The molecule has 12 heavy (non-hydrogen) atoms. The van der Waals surface area contributed by atoms with Gasteiger partial charge in [-0.25, -0.2) is 4.79 Å². The molecule has 0 spiro atoms. The molecule has 1 aliphatic heterocycles. The Kier molecular flexibility index (Phi) is 5.37. The summed E-state index contributed by atoms with van der Waals surface area (Å²) < 4.78 is 9.60. The highest BCUT2D eigenvalue weighted by molar-refractivity contribution is 5.86. The van der Waals surface area contributed by atoms with E-state index in [-0.39, 0.29) is 12.1 Å². The maximum absolute atomic E-state index is 10.7. The maximum Gasteiger partial charge on any atom is 0.333 e. The average molecular weight is 172 g/mol. The first kappa shape index (κ1) is 11.2. The van der Waals surface area contributed by atoms with Gasteiger partial charge in [-0.1, -0.05) is 20.4 Å². The molecule has 0 N–H and O–H groups in total. The number of carbonyl (C=O) groups excluding carboxylic acids is 1. The van der Waals surface area contributed by atoms with Gasteiger partial charge in [0.15, 0.2) is 0 Å². The Hall–Kier alpha value is -0.830. The van der Waals surface area contributed by atoms with Gasteiger partial charge >= 0.3 is 5.97 Å². The molecule has 1 unspecified atom stereocenters. The van der Waals surface area contributed by atoms with Crippen molar-refractivity contribution in [1.29, 1.82) is 0 Å². The highest BCUT2D eigenvalue weighted by Crippen LogP contribution is 2.09. The molecule has 1 atom stereocenters. The quantitative estimate of drug-likeness (QED) is 0.368. The molecule has 0 radical (unpaired) electrons. The van der Waals surface area contributed by atoms with Crippen LogP contribution in [0.15, 0.2) is 12.2 Å². The summed E-state index contributed by atoms with van der Waals surface area (Å²) in [6.07, 6.45) is 0.142. The summed E-state index contributed by atoms with van der Waals surface area (Å²) in [6.45, 7) is 10.1. The molecular formula is C9H16O3. The van der Waals surface area contributed by atoms with E-state index in [0.29, 0.717) is 18.8 Å². The second-order valence-corrected chi connectivity index (χ2v) is 2.33. The van der Waals surface area contributed by atoms with Crippen molar-refractivity contribution in [3.05, 3.63) is 12.2 Å². The average Bonchev–Trinajstić information content (AvgIpc) is 2.87. The fourth-order valence-electron chi connectivity index (χ4n) is 0.456. The highest BCUT2D eigenvalue weighted by Gasteiger charge is 2.24. The van der Waals surface area contributed by atoms with Gasteiger partial charge in [0.25, 0.3) is 0 Å². The van der Waals surface area contributed by atoms with Crippen LogP contribution in [0.4, 0.5) is 0 Å². The molecule has 1 heterocycles. The summed E-state index contributed by atoms with van der Waals surface area (Å²) in [6, 6.07) is 0. The summed E-state index contributed by atoms with van der Waals surface area (Å²) in [5.41, 5.74) is 0.431. The van der Waals surface area contributed by atoms with E-state index in [1.807, 2.05) is 13.8 Å². The predicted molar refractivity (Wildman–Crippen MR) is 46.9 cm³/mol. The molecular weight excluding hydrogens is 156 g/mol. The lowest BCUT2D eigenvalue weighted by atomic mass is 10.4. The molecule has 3 nitrogen and oxygen atoms in total. The predicted octanol–water partition coefficient (Wildman–Crippen LogP) is 1.53. The van der Waals surface area contributed by atoms with Crippen molar-refractivity contribution in [3.63, 3.8) is 0 Å². The number of carbonyl (C=O) groups is 1. The van der Waals surface area contributed by atoms with Crippen LogP contribution < -0.4 is 0 Å². The molecule has 0 aromatic heterocycles. The summed E-state index contributed by atoms with van der Waals surface area (Å²) in [4.78, 5) is 10.7. The van der Waals surface area contributed by atoms with E-state index in [9.17, 15) is 4.79 Å². The van der Waals surface area contributed by atoms with Crippen LogP contribution in [0.1, 0.15) is 20.8 Å². The third-order valence-corrected chi connectivity index (χ3v) is 1.15. The van der Waals surface area contributed by atoms with E-state index < -0.39 is 0 Å². The van der Waals surface area contributed by atoms with Crippen LogP contribution in [0.25, 0.3) is 0 Å². The maximum atomic E-state index is 10.7. The Morgan fingerprint density at radius 3 is 2.50 bits per heavy atom. The van der Waals surface area contributed by atoms with Crippen molar-refractivity contribution in [3.8, 4) is 0 Å². The van der Waals surface area contributed by atoms with Gasteiger partial charge in [-0.15, -0.1) is 0 Å². The van der Waals surface area contributed by atoms with Gasteiger partial charge in [0.2, 0.25) is 0 Å². The lowest BCUT2D eigenvalue weighted by Gasteiger charge is -1.99. The fraction of sp³-hybridized carbons (Fsp3) is 0.667. The van der Waals surface area contributed by atoms with Crippen LogP contribution in [-0.2, 0) is 14.3 Å². The standard InChI is InChI=1S/C7H10O3.C2H6/c1-5(2)7(8)10-4-6-3-9-6;1-2/h6H,1,3-4H2,2H3;1-2H3. The minimum absolute atomic E-state index is 0.142. The number of hydrogen-bond donors (Lipinski definition) is 0. The van der Waals surface area contributed by atoms with Crippen molar-refractivity contribution in [2.24, 2.45) is 0 Å². The molecule has 0 aliphatic carbocycles. The van der Waals surface area contributed by atoms with Gasteiger partial charge in [-0.3, -0.25) is 0 Å². The van der Waals surface area contributed by atoms with Gasteiger partial charge in [0.1, 0.15) is 12.7 Å². The SMILES string of the molecule is C=C(C)C(=O)OCC1CO1.CC. The number of epoxide rings is 1. The molecule has 1 aliphatic rings. The summed E-state index contributed by atoms with van der Waals surface area (Å²) in [5, 5.41) is 0. The van der Waals surface area contributed by atoms with Crippen LogP contribution in [0.3, 0.4) is 0 Å². The van der Waals surface area contributed by atoms with Gasteiger partial charge < -0.3 is 9.47 Å². The normalized spacial score (nSPS) is 18.8. The van der Waals surface area contributed by atoms with E-state index in [1.165, 1.54) is 0 Å². The molecule has 1 fully saturated rings. The molecule has 3 heteroatoms. The lowest BCUT2D eigenvalue weighted by Crippen LogP contribution is -2.09. The first-order chi connectivity index (χ1) is 5.70. The monoisotopic (exact) mass is 172 g/mol. The van der Waals surface area contributed by atoms with E-state index in [0.717, 1.165) is 0 Å². The van der Waals surface area contributed by atoms with Crippen LogP contribution in [0.2, 0.25) is 0 Å². The Bertz CT molecular complexity index is 159. The second kappa shape index (κ2) is 5.77. The third kappa shape index (κ3) is 4.91. The smallest absolute Gasteiger partial charge is 0.333 e. The van der Waals surface area contributed by atoms with Crippen LogP contribution in [0.5, 0.6) is 0 Å². The molecule has 1 saturated heterocycles. The van der Waals surface area contributed by atoms with E-state index in [4.69, 9.17) is 9.47 Å². The van der Waals surface area contributed by atoms with E-state index in [1.54, 1.807) is 6.92 Å². The Labute approximate surface area is 73.4 Å². The first-order valence-corrected chi connectivity index (χ1v) is 4.14. The first-order valence-electron chi connectivity index (χ1n) is 4.14. The summed E-state index contributed by atoms with van der Waals surface area (Å²) in [5.74, 6) is -0.337. The van der Waals surface area contributed by atoms with Gasteiger partial charge in [-0.05, 0) is 6.92 Å². The van der Waals surface area contributed by atoms with Crippen molar-refractivity contribution in [1.82, 2.24) is 0 Å². The van der Waals surface area contributed by atoms with Crippen molar-refractivity contribution in [2.75, 3.05) is 13.2 Å². The molecule has 0 bridgehead atoms. The molecule has 0 saturated carbocycles. The van der Waals surface area contributed by atoms with Crippen LogP contribution in [-0.4, -0.2) is 25.3 Å². The number of hydrogen-bond acceptors (Lipinski definition) is 3. The minimum Gasteiger partial charge on any atom is -0.459 e. The molecule has 0 aromatic carbocycles. The zero-order chi connectivity index (χ0) is 9.56. The van der Waals surface area contributed by atoms with Crippen molar-refractivity contribution >= 4 is 5.97 Å². The molecule has 1 rings (SSSR count). The van der Waals surface area contributed by atoms with Gasteiger partial charge in [0.05, 0.1) is 6.61 Å². The van der Waals surface area contributed by atoms with Gasteiger partial charge in [0, 0.05) is 5.57 Å². The Balaban J connectivity index is 0.000000561. The van der Waals surface area contributed by atoms with Gasteiger partial charge in [-0.2, -0.15) is 0 Å². The number of ether oxygens (including phenoxy) is 2. The zero-order valence-corrected chi connectivity index (χ0v) is 7.92. The highest BCUT2D eigenvalue weighted by atomic mass is 16.6. The molecule has 0 aromatic rings. The van der Waals surface area contributed by atoms with E-state index >= 15 is 0 Å². The van der Waals surface area contributed by atoms with E-state index in [2.05, 4.69) is 6.58 Å². The minimum atomic E-state index is -0.337.